The topological polar surface area (TPSA) is 80.4 Å². The SMILES string of the molecule is NC1CCCCC1.O=S(=O)(O)C1CCC1. The van der Waals surface area contributed by atoms with Crippen molar-refractivity contribution in [1.29, 1.82) is 0 Å². The van der Waals surface area contributed by atoms with Crippen LogP contribution < -0.4 is 5.73 Å². The molecule has 0 aromatic carbocycles. The average Bonchev–Trinajstić information content (AvgIpc) is 1.99. The zero-order valence-electron chi connectivity index (χ0n) is 9.06. The summed E-state index contributed by atoms with van der Waals surface area (Å²) < 4.78 is 28.6. The lowest BCUT2D eigenvalue weighted by molar-refractivity contribution is 0.413. The van der Waals surface area contributed by atoms with E-state index in [1.165, 1.54) is 32.1 Å². The zero-order valence-corrected chi connectivity index (χ0v) is 9.88. The molecule has 0 aromatic rings. The van der Waals surface area contributed by atoms with E-state index in [4.69, 9.17) is 10.3 Å². The van der Waals surface area contributed by atoms with Gasteiger partial charge in [0, 0.05) is 6.04 Å². The van der Waals surface area contributed by atoms with Gasteiger partial charge >= 0.3 is 0 Å². The van der Waals surface area contributed by atoms with Gasteiger partial charge in [-0.15, -0.1) is 0 Å². The molecule has 2 fully saturated rings. The molecule has 4 nitrogen and oxygen atoms in total. The molecule has 0 radical (unpaired) electrons. The Morgan fingerprint density at radius 1 is 0.933 bits per heavy atom. The summed E-state index contributed by atoms with van der Waals surface area (Å²) in [7, 11) is -3.67. The molecular formula is C10H21NO3S. The van der Waals surface area contributed by atoms with Crippen molar-refractivity contribution in [2.75, 3.05) is 0 Å². The van der Waals surface area contributed by atoms with E-state index in [2.05, 4.69) is 0 Å². The highest BCUT2D eigenvalue weighted by Gasteiger charge is 2.28. The van der Waals surface area contributed by atoms with Crippen LogP contribution in [0.15, 0.2) is 0 Å². The van der Waals surface area contributed by atoms with E-state index in [0.717, 1.165) is 6.42 Å². The van der Waals surface area contributed by atoms with Crippen LogP contribution in [-0.4, -0.2) is 24.3 Å². The molecule has 15 heavy (non-hydrogen) atoms. The van der Waals surface area contributed by atoms with Gasteiger partial charge in [-0.25, -0.2) is 0 Å². The Bertz CT molecular complexity index is 266. The van der Waals surface area contributed by atoms with E-state index in [-0.39, 0.29) is 0 Å². The summed E-state index contributed by atoms with van der Waals surface area (Å²) in [4.78, 5) is 0. The third-order valence-electron chi connectivity index (χ3n) is 3.12. The molecule has 90 valence electrons. The lowest BCUT2D eigenvalue weighted by Gasteiger charge is -2.21. The summed E-state index contributed by atoms with van der Waals surface area (Å²) in [6.45, 7) is 0. The van der Waals surface area contributed by atoms with Gasteiger partial charge in [0.25, 0.3) is 10.1 Å². The maximum Gasteiger partial charge on any atom is 0.267 e. The van der Waals surface area contributed by atoms with Crippen molar-refractivity contribution in [3.05, 3.63) is 0 Å². The fraction of sp³-hybridized carbons (Fsp3) is 1.00. The molecule has 0 spiro atoms. The standard InChI is InChI=1S/C6H13N.C4H8O3S/c7-6-4-2-1-3-5-6;5-8(6,7)4-2-1-3-4/h6H,1-5,7H2;4H,1-3H2,(H,5,6,7). The van der Waals surface area contributed by atoms with Crippen LogP contribution in [0, 0.1) is 0 Å². The molecule has 2 rings (SSSR count). The van der Waals surface area contributed by atoms with Crippen molar-refractivity contribution in [1.82, 2.24) is 0 Å². The first-order valence-corrected chi connectivity index (χ1v) is 7.22. The second kappa shape index (κ2) is 5.82. The Hall–Kier alpha value is -0.130. The molecule has 0 bridgehead atoms. The quantitative estimate of drug-likeness (QED) is 0.678. The molecule has 0 saturated heterocycles. The summed E-state index contributed by atoms with van der Waals surface area (Å²) in [5.41, 5.74) is 5.63. The Morgan fingerprint density at radius 2 is 1.47 bits per heavy atom. The fourth-order valence-electron chi connectivity index (χ4n) is 1.80. The van der Waals surface area contributed by atoms with Gasteiger partial charge in [0.05, 0.1) is 5.25 Å². The Morgan fingerprint density at radius 3 is 1.60 bits per heavy atom. The maximum atomic E-state index is 10.2. The van der Waals surface area contributed by atoms with Crippen LogP contribution in [0.5, 0.6) is 0 Å². The fourth-order valence-corrected chi connectivity index (χ4v) is 2.73. The first-order valence-electron chi connectivity index (χ1n) is 5.72. The highest BCUT2D eigenvalue weighted by atomic mass is 32.2. The van der Waals surface area contributed by atoms with E-state index >= 15 is 0 Å². The number of nitrogens with two attached hydrogens (primary N) is 1. The van der Waals surface area contributed by atoms with Crippen LogP contribution in [0.4, 0.5) is 0 Å². The van der Waals surface area contributed by atoms with Crippen LogP contribution in [0.25, 0.3) is 0 Å². The van der Waals surface area contributed by atoms with Gasteiger partial charge in [-0.3, -0.25) is 4.55 Å². The van der Waals surface area contributed by atoms with E-state index < -0.39 is 15.4 Å². The van der Waals surface area contributed by atoms with Gasteiger partial charge in [-0.1, -0.05) is 25.7 Å². The molecule has 3 N–H and O–H groups in total. The molecule has 0 aromatic heterocycles. The first-order chi connectivity index (χ1) is 7.00. The maximum absolute atomic E-state index is 10.2. The summed E-state index contributed by atoms with van der Waals surface area (Å²) in [6, 6.07) is 0.536. The molecule has 0 unspecified atom stereocenters. The lowest BCUT2D eigenvalue weighted by Crippen LogP contribution is -2.27. The predicted octanol–water partition coefficient (Wildman–Crippen LogP) is 1.70. The highest BCUT2D eigenvalue weighted by molar-refractivity contribution is 7.86. The summed E-state index contributed by atoms with van der Waals surface area (Å²) in [5, 5.41) is -0.442. The minimum absolute atomic E-state index is 0.442. The lowest BCUT2D eigenvalue weighted by atomic mass is 9.97. The summed E-state index contributed by atoms with van der Waals surface area (Å²) in [5.74, 6) is 0. The van der Waals surface area contributed by atoms with Crippen LogP contribution in [0.1, 0.15) is 51.4 Å². The van der Waals surface area contributed by atoms with Crippen molar-refractivity contribution >= 4 is 10.1 Å². The van der Waals surface area contributed by atoms with E-state index in [1.807, 2.05) is 0 Å². The van der Waals surface area contributed by atoms with Crippen LogP contribution in [-0.2, 0) is 10.1 Å². The molecular weight excluding hydrogens is 214 g/mol. The average molecular weight is 235 g/mol. The van der Waals surface area contributed by atoms with Crippen molar-refractivity contribution in [3.63, 3.8) is 0 Å². The largest absolute Gasteiger partial charge is 0.328 e. The number of hydrogen-bond donors (Lipinski definition) is 2. The second-order valence-electron chi connectivity index (χ2n) is 4.47. The van der Waals surface area contributed by atoms with Crippen LogP contribution in [0.2, 0.25) is 0 Å². The van der Waals surface area contributed by atoms with Gasteiger partial charge in [0.1, 0.15) is 0 Å². The summed E-state index contributed by atoms with van der Waals surface area (Å²) in [6.07, 6.45) is 8.87. The molecule has 0 amide bonds. The Labute approximate surface area is 92.0 Å². The van der Waals surface area contributed by atoms with Gasteiger partial charge in [-0.2, -0.15) is 8.42 Å². The van der Waals surface area contributed by atoms with Crippen LogP contribution >= 0.6 is 0 Å². The highest BCUT2D eigenvalue weighted by Crippen LogP contribution is 2.24. The van der Waals surface area contributed by atoms with Crippen molar-refractivity contribution in [2.45, 2.75) is 62.7 Å². The summed E-state index contributed by atoms with van der Waals surface area (Å²) >= 11 is 0. The molecule has 2 saturated carbocycles. The van der Waals surface area contributed by atoms with Crippen molar-refractivity contribution < 1.29 is 13.0 Å². The van der Waals surface area contributed by atoms with Gasteiger partial charge in [0.15, 0.2) is 0 Å². The normalized spacial score (nSPS) is 23.9. The van der Waals surface area contributed by atoms with Gasteiger partial charge in [0.2, 0.25) is 0 Å². The molecule has 0 atom stereocenters. The molecule has 2 aliphatic carbocycles. The van der Waals surface area contributed by atoms with E-state index in [9.17, 15) is 8.42 Å². The monoisotopic (exact) mass is 235 g/mol. The number of hydrogen-bond acceptors (Lipinski definition) is 3. The zero-order chi connectivity index (χ0) is 11.3. The molecule has 0 aliphatic heterocycles. The van der Waals surface area contributed by atoms with E-state index in [0.29, 0.717) is 18.9 Å². The van der Waals surface area contributed by atoms with Crippen molar-refractivity contribution in [3.8, 4) is 0 Å². The Kier molecular flexibility index (Phi) is 5.02. The van der Waals surface area contributed by atoms with E-state index in [1.54, 1.807) is 0 Å². The first kappa shape index (κ1) is 12.9. The van der Waals surface area contributed by atoms with Gasteiger partial charge in [-0.05, 0) is 25.7 Å². The van der Waals surface area contributed by atoms with Crippen molar-refractivity contribution in [2.24, 2.45) is 5.73 Å². The smallest absolute Gasteiger partial charge is 0.267 e. The van der Waals surface area contributed by atoms with Gasteiger partial charge < -0.3 is 5.73 Å². The minimum atomic E-state index is -3.67. The van der Waals surface area contributed by atoms with Crippen LogP contribution in [0.3, 0.4) is 0 Å². The predicted molar refractivity (Wildman–Crippen MR) is 60.2 cm³/mol. The molecule has 5 heteroatoms. The minimum Gasteiger partial charge on any atom is -0.328 e. The molecule has 2 aliphatic rings. The number of rotatable bonds is 1. The second-order valence-corrected chi connectivity index (χ2v) is 6.16. The Balaban J connectivity index is 0.000000151. The molecule has 0 heterocycles. The third-order valence-corrected chi connectivity index (χ3v) is 4.44. The third kappa shape index (κ3) is 4.95.